The summed E-state index contributed by atoms with van der Waals surface area (Å²) in [5.74, 6) is -0.351. The average molecular weight is 818 g/mol. The third kappa shape index (κ3) is 44.6. The summed E-state index contributed by atoms with van der Waals surface area (Å²) in [4.78, 5) is 24.9. The minimum absolute atomic E-state index is 0.0170. The standard InChI is InChI=1S/C48H84NO7P/c1-6-8-10-12-14-16-17-18-19-20-21-22-23-24-25-26-27-28-29-30-31-32-34-36-38-40-43-53-45-47(46-55-57(51,52)54-44-42-49(3,4)5)56-48(50)41-39-37-35-33-15-13-11-9-7-2/h8,10,14,16,18-19,21-22,24-25,27-28,30-31,47H,6-7,9,11-13,15,17,20,23,26,29,32-46H2,1-5H3/b10-8-,16-14-,19-18-,22-21-,25-24-,28-27-,31-30-. The fraction of sp³-hybridized carbons (Fsp3) is 0.688. The summed E-state index contributed by atoms with van der Waals surface area (Å²) < 4.78 is 34.5. The van der Waals surface area contributed by atoms with E-state index in [0.717, 1.165) is 96.3 Å². The summed E-state index contributed by atoms with van der Waals surface area (Å²) in [6.07, 6.45) is 53.2. The number of phosphoric acid groups is 1. The average Bonchev–Trinajstić information content (AvgIpc) is 3.16. The van der Waals surface area contributed by atoms with Crippen molar-refractivity contribution in [3.63, 3.8) is 0 Å². The number of quaternary nitrogens is 1. The van der Waals surface area contributed by atoms with Gasteiger partial charge in [0.2, 0.25) is 0 Å². The van der Waals surface area contributed by atoms with E-state index < -0.39 is 13.9 Å². The van der Waals surface area contributed by atoms with Crippen LogP contribution in [0.25, 0.3) is 0 Å². The highest BCUT2D eigenvalue weighted by atomic mass is 31.2. The van der Waals surface area contributed by atoms with Crippen molar-refractivity contribution in [3.8, 4) is 0 Å². The first kappa shape index (κ1) is 54.7. The molecule has 0 saturated heterocycles. The number of hydrogen-bond acceptors (Lipinski definition) is 7. The Labute approximate surface area is 350 Å². The smallest absolute Gasteiger partial charge is 0.306 e. The number of esters is 1. The molecule has 2 unspecified atom stereocenters. The maximum absolute atomic E-state index is 12.6. The van der Waals surface area contributed by atoms with Gasteiger partial charge < -0.3 is 27.9 Å². The lowest BCUT2D eigenvalue weighted by molar-refractivity contribution is -0.870. The number of carbonyl (C=O) groups excluding carboxylic acids is 1. The summed E-state index contributed by atoms with van der Waals surface area (Å²) >= 11 is 0. The molecule has 0 N–H and O–H groups in total. The zero-order chi connectivity index (χ0) is 42.0. The van der Waals surface area contributed by atoms with Crippen LogP contribution in [0.1, 0.15) is 155 Å². The Morgan fingerprint density at radius 2 is 1.02 bits per heavy atom. The number of phosphoric ester groups is 1. The van der Waals surface area contributed by atoms with Crippen LogP contribution in [0.3, 0.4) is 0 Å². The highest BCUT2D eigenvalue weighted by Gasteiger charge is 2.20. The van der Waals surface area contributed by atoms with Gasteiger partial charge in [-0.3, -0.25) is 9.36 Å². The molecule has 9 heteroatoms. The highest BCUT2D eigenvalue weighted by Crippen LogP contribution is 2.38. The monoisotopic (exact) mass is 818 g/mol. The van der Waals surface area contributed by atoms with Crippen molar-refractivity contribution in [2.45, 2.75) is 161 Å². The molecule has 0 amide bonds. The molecule has 0 fully saturated rings. The second-order valence-corrected chi connectivity index (χ2v) is 17.1. The van der Waals surface area contributed by atoms with Gasteiger partial charge in [-0.05, 0) is 70.6 Å². The number of nitrogens with zero attached hydrogens (tertiary/aromatic N) is 1. The molecule has 0 radical (unpaired) electrons. The van der Waals surface area contributed by atoms with Gasteiger partial charge >= 0.3 is 5.97 Å². The van der Waals surface area contributed by atoms with E-state index in [1.54, 1.807) is 0 Å². The fourth-order valence-electron chi connectivity index (χ4n) is 5.52. The first-order chi connectivity index (χ1) is 27.6. The van der Waals surface area contributed by atoms with Gasteiger partial charge in [-0.1, -0.05) is 163 Å². The van der Waals surface area contributed by atoms with Gasteiger partial charge in [0.05, 0.1) is 34.4 Å². The number of unbranched alkanes of at least 4 members (excludes halogenated alkanes) is 12. The second kappa shape index (κ2) is 40.5. The van der Waals surface area contributed by atoms with Gasteiger partial charge in [0, 0.05) is 13.0 Å². The number of ether oxygens (including phenoxy) is 2. The lowest BCUT2D eigenvalue weighted by atomic mass is 10.1. The number of carbonyl (C=O) groups is 1. The van der Waals surface area contributed by atoms with E-state index in [2.05, 4.69) is 98.9 Å². The van der Waals surface area contributed by atoms with Gasteiger partial charge in [0.1, 0.15) is 19.3 Å². The molecule has 0 aromatic carbocycles. The molecule has 0 aromatic heterocycles. The zero-order valence-electron chi connectivity index (χ0n) is 37.0. The fourth-order valence-corrected chi connectivity index (χ4v) is 6.25. The van der Waals surface area contributed by atoms with Crippen molar-refractivity contribution < 1.29 is 37.3 Å². The number of hydrogen-bond donors (Lipinski definition) is 0. The van der Waals surface area contributed by atoms with E-state index in [1.165, 1.54) is 38.5 Å². The van der Waals surface area contributed by atoms with E-state index in [4.69, 9.17) is 18.5 Å². The highest BCUT2D eigenvalue weighted by molar-refractivity contribution is 7.45. The van der Waals surface area contributed by atoms with E-state index in [9.17, 15) is 14.3 Å². The topological polar surface area (TPSA) is 94.1 Å². The molecule has 0 saturated carbocycles. The molecule has 0 heterocycles. The molecule has 0 aliphatic rings. The Morgan fingerprint density at radius 3 is 1.53 bits per heavy atom. The molecule has 0 spiro atoms. The normalized spacial score (nSPS) is 14.6. The van der Waals surface area contributed by atoms with Crippen LogP contribution in [0.2, 0.25) is 0 Å². The Morgan fingerprint density at radius 1 is 0.561 bits per heavy atom. The SMILES string of the molecule is CC/C=C\C/C=C\C/C=C\C/C=C\C/C=C\C/C=C\C/C=C\CCCCCCOCC(COP(=O)([O-])OCC[N+](C)(C)C)OC(=O)CCCCCCCCCCC. The van der Waals surface area contributed by atoms with Gasteiger partial charge in [-0.2, -0.15) is 0 Å². The van der Waals surface area contributed by atoms with Crippen LogP contribution in [0, 0.1) is 0 Å². The van der Waals surface area contributed by atoms with Gasteiger partial charge in [-0.25, -0.2) is 0 Å². The van der Waals surface area contributed by atoms with Crippen LogP contribution in [0.15, 0.2) is 85.1 Å². The van der Waals surface area contributed by atoms with Crippen LogP contribution >= 0.6 is 7.82 Å². The van der Waals surface area contributed by atoms with Crippen molar-refractivity contribution in [1.82, 2.24) is 0 Å². The summed E-state index contributed by atoms with van der Waals surface area (Å²) in [7, 11) is 1.32. The minimum atomic E-state index is -4.53. The van der Waals surface area contributed by atoms with Gasteiger partial charge in [0.25, 0.3) is 7.82 Å². The Balaban J connectivity index is 4.19. The van der Waals surface area contributed by atoms with E-state index in [-0.39, 0.29) is 25.8 Å². The summed E-state index contributed by atoms with van der Waals surface area (Å²) in [6.45, 7) is 5.18. The maximum atomic E-state index is 12.6. The molecule has 0 aliphatic heterocycles. The molecule has 0 aliphatic carbocycles. The Bertz CT molecular complexity index is 1180. The maximum Gasteiger partial charge on any atom is 0.306 e. The first-order valence-corrected chi connectivity index (χ1v) is 23.8. The number of likely N-dealkylation sites (N-methyl/N-ethyl adjacent to an activating group) is 1. The van der Waals surface area contributed by atoms with Crippen molar-refractivity contribution in [2.24, 2.45) is 0 Å². The molecule has 328 valence electrons. The van der Waals surface area contributed by atoms with Crippen LogP contribution < -0.4 is 4.89 Å². The largest absolute Gasteiger partial charge is 0.756 e. The Hall–Kier alpha value is -2.32. The van der Waals surface area contributed by atoms with Crippen molar-refractivity contribution >= 4 is 13.8 Å². The van der Waals surface area contributed by atoms with E-state index in [0.29, 0.717) is 24.1 Å². The van der Waals surface area contributed by atoms with Gasteiger partial charge in [-0.15, -0.1) is 0 Å². The summed E-state index contributed by atoms with van der Waals surface area (Å²) in [6, 6.07) is 0. The summed E-state index contributed by atoms with van der Waals surface area (Å²) in [5.41, 5.74) is 0. The molecule has 2 atom stereocenters. The number of rotatable bonds is 40. The quantitative estimate of drug-likeness (QED) is 0.0200. The Kier molecular flexibility index (Phi) is 38.8. The van der Waals surface area contributed by atoms with Crippen LogP contribution in [0.4, 0.5) is 0 Å². The van der Waals surface area contributed by atoms with Crippen LogP contribution in [-0.2, 0) is 27.9 Å². The third-order valence-electron chi connectivity index (χ3n) is 8.96. The van der Waals surface area contributed by atoms with Crippen molar-refractivity contribution in [3.05, 3.63) is 85.1 Å². The minimum Gasteiger partial charge on any atom is -0.756 e. The number of allylic oxidation sites excluding steroid dienone is 14. The predicted octanol–water partition coefficient (Wildman–Crippen LogP) is 12.6. The second-order valence-electron chi connectivity index (χ2n) is 15.7. The first-order valence-electron chi connectivity index (χ1n) is 22.3. The molecule has 0 rings (SSSR count). The molecule has 57 heavy (non-hydrogen) atoms. The summed E-state index contributed by atoms with van der Waals surface area (Å²) in [5, 5.41) is 0. The van der Waals surface area contributed by atoms with Crippen molar-refractivity contribution in [2.75, 3.05) is 54.1 Å². The molecule has 0 bridgehead atoms. The van der Waals surface area contributed by atoms with Crippen LogP contribution in [-0.4, -0.2) is 70.7 Å². The van der Waals surface area contributed by atoms with E-state index in [1.807, 2.05) is 21.1 Å². The predicted molar refractivity (Wildman–Crippen MR) is 240 cm³/mol. The third-order valence-corrected chi connectivity index (χ3v) is 9.93. The lowest BCUT2D eigenvalue weighted by Crippen LogP contribution is -2.37. The molecular formula is C48H84NO7P. The molecular weight excluding hydrogens is 734 g/mol. The molecule has 8 nitrogen and oxygen atoms in total. The van der Waals surface area contributed by atoms with Crippen molar-refractivity contribution in [1.29, 1.82) is 0 Å². The van der Waals surface area contributed by atoms with Gasteiger partial charge in [0.15, 0.2) is 0 Å². The molecule has 0 aromatic rings. The van der Waals surface area contributed by atoms with Crippen LogP contribution in [0.5, 0.6) is 0 Å². The van der Waals surface area contributed by atoms with E-state index >= 15 is 0 Å². The lowest BCUT2D eigenvalue weighted by Gasteiger charge is -2.28. The zero-order valence-corrected chi connectivity index (χ0v) is 37.9.